The molecule has 1 rings (SSSR count). The zero-order chi connectivity index (χ0) is 9.30. The van der Waals surface area contributed by atoms with Gasteiger partial charge >= 0.3 is 0 Å². The Hall–Kier alpha value is -0.770. The van der Waals surface area contributed by atoms with Gasteiger partial charge in [-0.15, -0.1) is 0 Å². The maximum Gasteiger partial charge on any atom is 0.281 e. The lowest BCUT2D eigenvalue weighted by atomic mass is 10.2. The van der Waals surface area contributed by atoms with Crippen molar-refractivity contribution in [3.63, 3.8) is 0 Å². The molecule has 0 spiro atoms. The first-order valence-electron chi connectivity index (χ1n) is 3.13. The van der Waals surface area contributed by atoms with Crippen LogP contribution in [0.2, 0.25) is 5.02 Å². The van der Waals surface area contributed by atoms with Crippen LogP contribution in [0.1, 0.15) is 17.7 Å². The van der Waals surface area contributed by atoms with Gasteiger partial charge in [0.25, 0.3) is 6.43 Å². The minimum Gasteiger partial charge on any atom is -0.217 e. The molecule has 12 heavy (non-hydrogen) atoms. The van der Waals surface area contributed by atoms with E-state index >= 15 is 0 Å². The third kappa shape index (κ3) is 1.69. The summed E-state index contributed by atoms with van der Waals surface area (Å²) >= 11 is 5.45. The van der Waals surface area contributed by atoms with E-state index in [1.54, 1.807) is 0 Å². The highest BCUT2D eigenvalue weighted by molar-refractivity contribution is 6.31. The number of hydrogen-bond donors (Lipinski definition) is 0. The van der Waals surface area contributed by atoms with E-state index in [2.05, 4.69) is 4.98 Å². The van der Waals surface area contributed by atoms with Crippen molar-refractivity contribution in [3.05, 3.63) is 28.3 Å². The van der Waals surface area contributed by atoms with Gasteiger partial charge in [0.2, 0.25) is 5.95 Å². The molecular formula is C7H5ClF3N. The Morgan fingerprint density at radius 1 is 1.50 bits per heavy atom. The second-order valence-corrected chi connectivity index (χ2v) is 2.64. The van der Waals surface area contributed by atoms with E-state index in [9.17, 15) is 13.2 Å². The maximum absolute atomic E-state index is 12.5. The molecule has 0 aliphatic carbocycles. The summed E-state index contributed by atoms with van der Waals surface area (Å²) in [6.07, 6.45) is -2.84. The number of aromatic nitrogens is 1. The van der Waals surface area contributed by atoms with E-state index in [1.165, 1.54) is 6.92 Å². The lowest BCUT2D eigenvalue weighted by Crippen LogP contribution is -1.96. The fraction of sp³-hybridized carbons (Fsp3) is 0.286. The zero-order valence-electron chi connectivity index (χ0n) is 6.11. The monoisotopic (exact) mass is 195 g/mol. The first kappa shape index (κ1) is 9.32. The second-order valence-electron chi connectivity index (χ2n) is 2.26. The third-order valence-electron chi connectivity index (χ3n) is 1.34. The van der Waals surface area contributed by atoms with Gasteiger partial charge in [0, 0.05) is 0 Å². The lowest BCUT2D eigenvalue weighted by Gasteiger charge is -2.04. The highest BCUT2D eigenvalue weighted by Gasteiger charge is 2.16. The molecule has 0 aliphatic rings. The van der Waals surface area contributed by atoms with Gasteiger partial charge < -0.3 is 0 Å². The Kier molecular flexibility index (Phi) is 2.57. The highest BCUT2D eigenvalue weighted by atomic mass is 35.5. The molecule has 0 bridgehead atoms. The largest absolute Gasteiger partial charge is 0.281 e. The summed E-state index contributed by atoms with van der Waals surface area (Å²) in [7, 11) is 0. The average Bonchev–Trinajstić information content (AvgIpc) is 1.96. The first-order chi connectivity index (χ1) is 5.52. The standard InChI is InChI=1S/C7H5ClF3N/c1-3-2-4(9)12-6(5(3)8)7(10)11/h2,7H,1H3. The molecule has 0 amide bonds. The van der Waals surface area contributed by atoms with Crippen LogP contribution in [-0.4, -0.2) is 4.98 Å². The summed E-state index contributed by atoms with van der Waals surface area (Å²) in [6, 6.07) is 1.01. The van der Waals surface area contributed by atoms with Crippen LogP contribution in [0.5, 0.6) is 0 Å². The van der Waals surface area contributed by atoms with Gasteiger partial charge in [-0.1, -0.05) is 11.6 Å². The van der Waals surface area contributed by atoms with Gasteiger partial charge in [-0.25, -0.2) is 13.8 Å². The second kappa shape index (κ2) is 3.31. The molecule has 0 aliphatic heterocycles. The molecular weight excluding hydrogens is 191 g/mol. The summed E-state index contributed by atoms with van der Waals surface area (Å²) in [5.74, 6) is -0.938. The quantitative estimate of drug-likeness (QED) is 0.628. The predicted octanol–water partition coefficient (Wildman–Crippen LogP) is 3.12. The Bertz CT molecular complexity index is 301. The molecule has 1 heterocycles. The van der Waals surface area contributed by atoms with Crippen LogP contribution in [-0.2, 0) is 0 Å². The van der Waals surface area contributed by atoms with Gasteiger partial charge in [0.15, 0.2) is 0 Å². The van der Waals surface area contributed by atoms with Crippen molar-refractivity contribution < 1.29 is 13.2 Å². The van der Waals surface area contributed by atoms with Crippen molar-refractivity contribution in [1.29, 1.82) is 0 Å². The predicted molar refractivity (Wildman–Crippen MR) is 38.9 cm³/mol. The van der Waals surface area contributed by atoms with E-state index in [0.29, 0.717) is 0 Å². The van der Waals surface area contributed by atoms with E-state index in [-0.39, 0.29) is 10.6 Å². The molecule has 1 aromatic rings. The van der Waals surface area contributed by atoms with Crippen LogP contribution in [0.25, 0.3) is 0 Å². The van der Waals surface area contributed by atoms with Crippen molar-refractivity contribution in [2.45, 2.75) is 13.3 Å². The minimum absolute atomic E-state index is 0.175. The van der Waals surface area contributed by atoms with Crippen LogP contribution in [0.15, 0.2) is 6.07 Å². The van der Waals surface area contributed by atoms with Crippen LogP contribution in [0.4, 0.5) is 13.2 Å². The topological polar surface area (TPSA) is 12.9 Å². The molecule has 0 aromatic carbocycles. The third-order valence-corrected chi connectivity index (χ3v) is 1.83. The zero-order valence-corrected chi connectivity index (χ0v) is 6.87. The summed E-state index contributed by atoms with van der Waals surface area (Å²) in [4.78, 5) is 2.98. The fourth-order valence-electron chi connectivity index (χ4n) is 0.785. The Balaban J connectivity index is 3.28. The Morgan fingerprint density at radius 2 is 2.08 bits per heavy atom. The molecule has 5 heteroatoms. The Labute approximate surface area is 72.2 Å². The van der Waals surface area contributed by atoms with Gasteiger partial charge in [-0.3, -0.25) is 0 Å². The van der Waals surface area contributed by atoms with Crippen molar-refractivity contribution in [1.82, 2.24) is 4.98 Å². The Morgan fingerprint density at radius 3 is 2.58 bits per heavy atom. The minimum atomic E-state index is -2.84. The molecule has 0 radical (unpaired) electrons. The number of rotatable bonds is 1. The van der Waals surface area contributed by atoms with Crippen molar-refractivity contribution in [2.75, 3.05) is 0 Å². The molecule has 1 nitrogen and oxygen atoms in total. The lowest BCUT2D eigenvalue weighted by molar-refractivity contribution is 0.145. The molecule has 0 N–H and O–H groups in total. The van der Waals surface area contributed by atoms with Crippen molar-refractivity contribution in [3.8, 4) is 0 Å². The SMILES string of the molecule is Cc1cc(F)nc(C(F)F)c1Cl. The van der Waals surface area contributed by atoms with E-state index < -0.39 is 18.1 Å². The number of pyridine rings is 1. The number of halogens is 4. The van der Waals surface area contributed by atoms with Crippen molar-refractivity contribution >= 4 is 11.6 Å². The van der Waals surface area contributed by atoms with Crippen molar-refractivity contribution in [2.24, 2.45) is 0 Å². The summed E-state index contributed by atoms with van der Waals surface area (Å²) in [6.45, 7) is 1.44. The van der Waals surface area contributed by atoms with E-state index in [4.69, 9.17) is 11.6 Å². The molecule has 66 valence electrons. The van der Waals surface area contributed by atoms with Gasteiger partial charge in [0.1, 0.15) is 5.69 Å². The molecule has 0 saturated heterocycles. The molecule has 0 atom stereocenters. The molecule has 0 fully saturated rings. The van der Waals surface area contributed by atoms with Crippen LogP contribution >= 0.6 is 11.6 Å². The molecule has 0 unspecified atom stereocenters. The fourth-order valence-corrected chi connectivity index (χ4v) is 0.964. The van der Waals surface area contributed by atoms with Crippen LogP contribution < -0.4 is 0 Å². The van der Waals surface area contributed by atoms with E-state index in [0.717, 1.165) is 6.07 Å². The highest BCUT2D eigenvalue weighted by Crippen LogP contribution is 2.27. The summed E-state index contributed by atoms with van der Waals surface area (Å²) in [5.41, 5.74) is -0.436. The molecule has 1 aromatic heterocycles. The average molecular weight is 196 g/mol. The van der Waals surface area contributed by atoms with E-state index in [1.807, 2.05) is 0 Å². The maximum atomic E-state index is 12.5. The van der Waals surface area contributed by atoms with Gasteiger partial charge in [0.05, 0.1) is 5.02 Å². The summed E-state index contributed by atoms with van der Waals surface area (Å²) < 4.78 is 36.6. The number of aryl methyl sites for hydroxylation is 1. The normalized spacial score (nSPS) is 10.8. The smallest absolute Gasteiger partial charge is 0.217 e. The summed E-state index contributed by atoms with van der Waals surface area (Å²) in [5, 5.41) is -0.175. The van der Waals surface area contributed by atoms with Crippen LogP contribution in [0.3, 0.4) is 0 Å². The number of hydrogen-bond acceptors (Lipinski definition) is 1. The van der Waals surface area contributed by atoms with Gasteiger partial charge in [-0.05, 0) is 18.6 Å². The number of alkyl halides is 2. The molecule has 0 saturated carbocycles. The number of nitrogens with zero attached hydrogens (tertiary/aromatic N) is 1. The first-order valence-corrected chi connectivity index (χ1v) is 3.51. The van der Waals surface area contributed by atoms with Gasteiger partial charge in [-0.2, -0.15) is 4.39 Å². The van der Waals surface area contributed by atoms with Crippen LogP contribution in [0, 0.1) is 12.9 Å².